The van der Waals surface area contributed by atoms with Gasteiger partial charge in [0.1, 0.15) is 0 Å². The number of piperidine rings is 1. The van der Waals surface area contributed by atoms with Crippen molar-refractivity contribution in [2.45, 2.75) is 58.4 Å². The van der Waals surface area contributed by atoms with Gasteiger partial charge < -0.3 is 10.2 Å². The van der Waals surface area contributed by atoms with Gasteiger partial charge in [-0.3, -0.25) is 4.79 Å². The summed E-state index contributed by atoms with van der Waals surface area (Å²) in [6, 6.07) is 0.634. The van der Waals surface area contributed by atoms with Crippen LogP contribution in [-0.2, 0) is 4.79 Å². The zero-order valence-electron chi connectivity index (χ0n) is 10.8. The van der Waals surface area contributed by atoms with E-state index in [0.717, 1.165) is 51.7 Å². The third-order valence-corrected chi connectivity index (χ3v) is 3.27. The molecular weight excluding hydrogens is 200 g/mol. The minimum atomic E-state index is 0.357. The molecule has 0 saturated carbocycles. The quantitative estimate of drug-likeness (QED) is 0.753. The minimum Gasteiger partial charge on any atom is -0.343 e. The number of unbranched alkanes of at least 4 members (excludes halogenated alkanes) is 1. The highest BCUT2D eigenvalue weighted by Crippen LogP contribution is 2.12. The molecule has 0 bridgehead atoms. The molecule has 1 N–H and O–H groups in total. The van der Waals surface area contributed by atoms with E-state index in [4.69, 9.17) is 0 Å². The average Bonchev–Trinajstić information content (AvgIpc) is 2.34. The van der Waals surface area contributed by atoms with Gasteiger partial charge in [0.05, 0.1) is 0 Å². The van der Waals surface area contributed by atoms with E-state index in [0.29, 0.717) is 11.9 Å². The second-order valence-corrected chi connectivity index (χ2v) is 4.71. The summed E-state index contributed by atoms with van der Waals surface area (Å²) < 4.78 is 0. The molecule has 0 unspecified atom stereocenters. The van der Waals surface area contributed by atoms with Crippen molar-refractivity contribution in [2.24, 2.45) is 0 Å². The van der Waals surface area contributed by atoms with Gasteiger partial charge >= 0.3 is 0 Å². The van der Waals surface area contributed by atoms with Crippen LogP contribution < -0.4 is 5.32 Å². The molecule has 94 valence electrons. The van der Waals surface area contributed by atoms with Crippen LogP contribution in [0.5, 0.6) is 0 Å². The van der Waals surface area contributed by atoms with Gasteiger partial charge in [-0.1, -0.05) is 20.3 Å². The van der Waals surface area contributed by atoms with E-state index >= 15 is 0 Å². The first kappa shape index (κ1) is 13.5. The summed E-state index contributed by atoms with van der Waals surface area (Å²) in [5.74, 6) is 0.357. The molecular formula is C13H26N2O. The Morgan fingerprint density at radius 1 is 1.25 bits per heavy atom. The summed E-state index contributed by atoms with van der Waals surface area (Å²) in [6.45, 7) is 7.33. The van der Waals surface area contributed by atoms with E-state index in [1.54, 1.807) is 0 Å². The van der Waals surface area contributed by atoms with Gasteiger partial charge in [-0.15, -0.1) is 0 Å². The number of carbonyl (C=O) groups is 1. The predicted octanol–water partition coefficient (Wildman–Crippen LogP) is 2.17. The third kappa shape index (κ3) is 4.52. The maximum absolute atomic E-state index is 11.8. The highest BCUT2D eigenvalue weighted by atomic mass is 16.2. The molecule has 0 atom stereocenters. The van der Waals surface area contributed by atoms with Gasteiger partial charge in [0, 0.05) is 25.6 Å². The Kier molecular flexibility index (Phi) is 6.46. The molecule has 1 heterocycles. The molecule has 1 saturated heterocycles. The van der Waals surface area contributed by atoms with Crippen LogP contribution in [0, 0.1) is 0 Å². The summed E-state index contributed by atoms with van der Waals surface area (Å²) in [4.78, 5) is 13.8. The van der Waals surface area contributed by atoms with Gasteiger partial charge in [0.25, 0.3) is 0 Å². The van der Waals surface area contributed by atoms with E-state index in [-0.39, 0.29) is 0 Å². The van der Waals surface area contributed by atoms with Crippen LogP contribution in [0.4, 0.5) is 0 Å². The molecule has 1 aliphatic rings. The van der Waals surface area contributed by atoms with Crippen LogP contribution in [0.3, 0.4) is 0 Å². The number of amides is 1. The normalized spacial score (nSPS) is 17.8. The van der Waals surface area contributed by atoms with Crippen molar-refractivity contribution in [3.05, 3.63) is 0 Å². The fourth-order valence-electron chi connectivity index (χ4n) is 2.17. The fourth-order valence-corrected chi connectivity index (χ4v) is 2.17. The summed E-state index contributed by atoms with van der Waals surface area (Å²) in [5, 5.41) is 3.54. The van der Waals surface area contributed by atoms with Crippen molar-refractivity contribution in [3.8, 4) is 0 Å². The lowest BCUT2D eigenvalue weighted by atomic mass is 10.0. The average molecular weight is 226 g/mol. The van der Waals surface area contributed by atoms with E-state index in [2.05, 4.69) is 19.2 Å². The minimum absolute atomic E-state index is 0.357. The number of nitrogens with one attached hydrogen (secondary N) is 1. The van der Waals surface area contributed by atoms with Crippen LogP contribution in [0.25, 0.3) is 0 Å². The topological polar surface area (TPSA) is 32.3 Å². The van der Waals surface area contributed by atoms with E-state index < -0.39 is 0 Å². The summed E-state index contributed by atoms with van der Waals surface area (Å²) >= 11 is 0. The van der Waals surface area contributed by atoms with E-state index in [9.17, 15) is 4.79 Å². The molecule has 0 radical (unpaired) electrons. The Labute approximate surface area is 99.6 Å². The molecule has 0 aliphatic carbocycles. The molecule has 1 amide bonds. The van der Waals surface area contributed by atoms with Gasteiger partial charge in [-0.2, -0.15) is 0 Å². The second kappa shape index (κ2) is 7.66. The number of hydrogen-bond donors (Lipinski definition) is 1. The Morgan fingerprint density at radius 2 is 1.94 bits per heavy atom. The van der Waals surface area contributed by atoms with Gasteiger partial charge in [-0.25, -0.2) is 0 Å². The lowest BCUT2D eigenvalue weighted by Gasteiger charge is -2.32. The molecule has 0 aromatic carbocycles. The van der Waals surface area contributed by atoms with Gasteiger partial charge in [-0.05, 0) is 32.2 Å². The van der Waals surface area contributed by atoms with Crippen molar-refractivity contribution in [2.75, 3.05) is 19.6 Å². The van der Waals surface area contributed by atoms with Crippen molar-refractivity contribution in [3.63, 3.8) is 0 Å². The van der Waals surface area contributed by atoms with Crippen molar-refractivity contribution >= 4 is 5.91 Å². The predicted molar refractivity (Wildman–Crippen MR) is 67.4 cm³/mol. The molecule has 1 rings (SSSR count). The molecule has 3 heteroatoms. The zero-order chi connectivity index (χ0) is 11.8. The highest BCUT2D eigenvalue weighted by molar-refractivity contribution is 5.76. The number of likely N-dealkylation sites (tertiary alicyclic amines) is 1. The summed E-state index contributed by atoms with van der Waals surface area (Å²) in [7, 11) is 0. The third-order valence-electron chi connectivity index (χ3n) is 3.27. The van der Waals surface area contributed by atoms with Crippen LogP contribution in [-0.4, -0.2) is 36.5 Å². The first-order chi connectivity index (χ1) is 7.77. The molecule has 16 heavy (non-hydrogen) atoms. The molecule has 0 spiro atoms. The standard InChI is InChI=1S/C13H26N2O/c1-3-5-6-13(16)15-10-7-12(8-11-15)14-9-4-2/h12,14H,3-11H2,1-2H3. The van der Waals surface area contributed by atoms with Crippen molar-refractivity contribution in [1.82, 2.24) is 10.2 Å². The number of carbonyl (C=O) groups excluding carboxylic acids is 1. The maximum Gasteiger partial charge on any atom is 0.222 e. The largest absolute Gasteiger partial charge is 0.343 e. The zero-order valence-corrected chi connectivity index (χ0v) is 10.8. The lowest BCUT2D eigenvalue weighted by Crippen LogP contribution is -2.45. The molecule has 1 fully saturated rings. The molecule has 0 aromatic rings. The SMILES string of the molecule is CCCCC(=O)N1CCC(NCCC)CC1. The highest BCUT2D eigenvalue weighted by Gasteiger charge is 2.21. The number of hydrogen-bond acceptors (Lipinski definition) is 2. The van der Waals surface area contributed by atoms with E-state index in [1.807, 2.05) is 4.90 Å². The number of nitrogens with zero attached hydrogens (tertiary/aromatic N) is 1. The molecule has 1 aliphatic heterocycles. The summed E-state index contributed by atoms with van der Waals surface area (Å²) in [6.07, 6.45) is 6.32. The first-order valence-electron chi connectivity index (χ1n) is 6.79. The lowest BCUT2D eigenvalue weighted by molar-refractivity contribution is -0.132. The Balaban J connectivity index is 2.18. The maximum atomic E-state index is 11.8. The Hall–Kier alpha value is -0.570. The summed E-state index contributed by atoms with van der Waals surface area (Å²) in [5.41, 5.74) is 0. The monoisotopic (exact) mass is 226 g/mol. The van der Waals surface area contributed by atoms with Crippen molar-refractivity contribution < 1.29 is 4.79 Å². The second-order valence-electron chi connectivity index (χ2n) is 4.71. The van der Waals surface area contributed by atoms with Gasteiger partial charge in [0.2, 0.25) is 5.91 Å². The fraction of sp³-hybridized carbons (Fsp3) is 0.923. The van der Waals surface area contributed by atoms with E-state index in [1.165, 1.54) is 6.42 Å². The van der Waals surface area contributed by atoms with Crippen LogP contribution in [0.2, 0.25) is 0 Å². The first-order valence-corrected chi connectivity index (χ1v) is 6.79. The molecule has 0 aromatic heterocycles. The Bertz CT molecular complexity index is 198. The number of rotatable bonds is 6. The van der Waals surface area contributed by atoms with Crippen LogP contribution in [0.15, 0.2) is 0 Å². The Morgan fingerprint density at radius 3 is 2.50 bits per heavy atom. The van der Waals surface area contributed by atoms with Gasteiger partial charge in [0.15, 0.2) is 0 Å². The molecule has 3 nitrogen and oxygen atoms in total. The smallest absolute Gasteiger partial charge is 0.222 e. The van der Waals surface area contributed by atoms with Crippen molar-refractivity contribution in [1.29, 1.82) is 0 Å². The van der Waals surface area contributed by atoms with Crippen LogP contribution in [0.1, 0.15) is 52.4 Å². The van der Waals surface area contributed by atoms with Crippen LogP contribution >= 0.6 is 0 Å².